The number of epoxide rings is 1. The topological polar surface area (TPSA) is 41.8 Å². The Morgan fingerprint density at radius 2 is 2.10 bits per heavy atom. The summed E-state index contributed by atoms with van der Waals surface area (Å²) in [5.74, 6) is 0.155. The zero-order chi connectivity index (χ0) is 13.5. The average molecular weight is 276 g/mol. The van der Waals surface area contributed by atoms with Crippen molar-refractivity contribution in [2.75, 3.05) is 26.2 Å². The maximum Gasteiger partial charge on any atom is 0.170 e. The summed E-state index contributed by atoms with van der Waals surface area (Å²) < 4.78 is 24.0. The van der Waals surface area contributed by atoms with E-state index < -0.39 is 0 Å². The average Bonchev–Trinajstić information content (AvgIpc) is 3.14. The number of hydrogen-bond donors (Lipinski definition) is 0. The van der Waals surface area contributed by atoms with Crippen LogP contribution in [0.2, 0.25) is 0 Å². The van der Waals surface area contributed by atoms with Gasteiger partial charge >= 0.3 is 0 Å². The Kier molecular flexibility index (Phi) is 2.97. The molecule has 2 aromatic rings. The van der Waals surface area contributed by atoms with Gasteiger partial charge in [-0.1, -0.05) is 5.16 Å². The van der Waals surface area contributed by atoms with Gasteiger partial charge in [-0.25, -0.2) is 4.39 Å². The standard InChI is InChI=1S/C15H17FN2O2/c16-11-5-13(14-7-17-20-15(14)6-11)10-1-3-18(4-2-10)8-12-9-19-12/h5-7,10,12H,1-4,8-9H2. The molecule has 2 aliphatic heterocycles. The van der Waals surface area contributed by atoms with E-state index >= 15 is 0 Å². The van der Waals surface area contributed by atoms with Gasteiger partial charge in [-0.3, -0.25) is 0 Å². The number of benzene rings is 1. The van der Waals surface area contributed by atoms with Crippen LogP contribution < -0.4 is 0 Å². The van der Waals surface area contributed by atoms with Crippen LogP contribution in [0.4, 0.5) is 4.39 Å². The van der Waals surface area contributed by atoms with Gasteiger partial charge in [0.25, 0.3) is 0 Å². The number of ether oxygens (including phenoxy) is 1. The molecule has 2 saturated heterocycles. The zero-order valence-corrected chi connectivity index (χ0v) is 11.2. The molecule has 0 radical (unpaired) electrons. The molecule has 2 fully saturated rings. The summed E-state index contributed by atoms with van der Waals surface area (Å²) >= 11 is 0. The highest BCUT2D eigenvalue weighted by Gasteiger charge is 2.29. The van der Waals surface area contributed by atoms with Gasteiger partial charge in [-0.05, 0) is 43.5 Å². The molecule has 1 unspecified atom stereocenters. The van der Waals surface area contributed by atoms with Crippen LogP contribution in [0.15, 0.2) is 22.9 Å². The predicted octanol–water partition coefficient (Wildman–Crippen LogP) is 2.55. The van der Waals surface area contributed by atoms with Gasteiger partial charge < -0.3 is 14.2 Å². The second-order valence-electron chi connectivity index (χ2n) is 5.76. The molecule has 2 aliphatic rings. The molecule has 4 rings (SSSR count). The maximum atomic E-state index is 13.7. The minimum absolute atomic E-state index is 0.238. The normalized spacial score (nSPS) is 24.4. The first kappa shape index (κ1) is 12.3. The van der Waals surface area contributed by atoms with E-state index in [1.165, 1.54) is 6.07 Å². The van der Waals surface area contributed by atoms with E-state index in [-0.39, 0.29) is 5.82 Å². The molecule has 0 amide bonds. The third kappa shape index (κ3) is 2.31. The summed E-state index contributed by atoms with van der Waals surface area (Å²) in [7, 11) is 0. The number of nitrogens with zero attached hydrogens (tertiary/aromatic N) is 2. The Morgan fingerprint density at radius 3 is 2.85 bits per heavy atom. The summed E-state index contributed by atoms with van der Waals surface area (Å²) in [6.07, 6.45) is 4.26. The van der Waals surface area contributed by atoms with Crippen molar-refractivity contribution in [3.63, 3.8) is 0 Å². The van der Waals surface area contributed by atoms with Crippen molar-refractivity contribution in [2.45, 2.75) is 24.9 Å². The van der Waals surface area contributed by atoms with Gasteiger partial charge in [0.05, 0.1) is 18.9 Å². The van der Waals surface area contributed by atoms with Gasteiger partial charge in [0, 0.05) is 18.0 Å². The molecule has 1 aromatic carbocycles. The number of halogens is 1. The molecular formula is C15H17FN2O2. The number of likely N-dealkylation sites (tertiary alicyclic amines) is 1. The first-order chi connectivity index (χ1) is 9.79. The lowest BCUT2D eigenvalue weighted by Crippen LogP contribution is -2.35. The number of fused-ring (bicyclic) bond motifs is 1. The van der Waals surface area contributed by atoms with E-state index in [1.54, 1.807) is 12.3 Å². The lowest BCUT2D eigenvalue weighted by atomic mass is 9.87. The number of hydrogen-bond acceptors (Lipinski definition) is 4. The Morgan fingerprint density at radius 1 is 1.30 bits per heavy atom. The van der Waals surface area contributed by atoms with Crippen LogP contribution in [0.3, 0.4) is 0 Å². The fourth-order valence-electron chi connectivity index (χ4n) is 3.19. The SMILES string of the molecule is Fc1cc(C2CCN(CC3CO3)CC2)c2cnoc2c1. The van der Waals surface area contributed by atoms with Crippen LogP contribution >= 0.6 is 0 Å². The fraction of sp³-hybridized carbons (Fsp3) is 0.533. The highest BCUT2D eigenvalue weighted by Crippen LogP contribution is 2.34. The van der Waals surface area contributed by atoms with E-state index in [0.717, 1.165) is 50.0 Å². The zero-order valence-electron chi connectivity index (χ0n) is 11.2. The van der Waals surface area contributed by atoms with Crippen molar-refractivity contribution < 1.29 is 13.7 Å². The molecule has 0 spiro atoms. The maximum absolute atomic E-state index is 13.7. The second kappa shape index (κ2) is 4.82. The third-order valence-corrected chi connectivity index (χ3v) is 4.36. The van der Waals surface area contributed by atoms with E-state index in [0.29, 0.717) is 17.6 Å². The second-order valence-corrected chi connectivity index (χ2v) is 5.76. The van der Waals surface area contributed by atoms with Gasteiger partial charge in [0.15, 0.2) is 5.58 Å². The first-order valence-electron chi connectivity index (χ1n) is 7.17. The molecule has 106 valence electrons. The molecule has 0 bridgehead atoms. The van der Waals surface area contributed by atoms with Crippen molar-refractivity contribution in [3.8, 4) is 0 Å². The third-order valence-electron chi connectivity index (χ3n) is 4.36. The molecule has 20 heavy (non-hydrogen) atoms. The summed E-state index contributed by atoms with van der Waals surface area (Å²) in [5, 5.41) is 4.75. The molecule has 0 N–H and O–H groups in total. The Balaban J connectivity index is 1.53. The van der Waals surface area contributed by atoms with Crippen LogP contribution in [0.5, 0.6) is 0 Å². The van der Waals surface area contributed by atoms with E-state index in [1.807, 2.05) is 0 Å². The lowest BCUT2D eigenvalue weighted by molar-refractivity contribution is 0.194. The highest BCUT2D eigenvalue weighted by molar-refractivity contribution is 5.80. The Hall–Kier alpha value is -1.46. The number of aromatic nitrogens is 1. The summed E-state index contributed by atoms with van der Waals surface area (Å²) in [6, 6.07) is 3.05. The molecule has 1 atom stereocenters. The van der Waals surface area contributed by atoms with Gasteiger partial charge in [-0.15, -0.1) is 0 Å². The summed E-state index contributed by atoms with van der Waals surface area (Å²) in [4.78, 5) is 2.44. The lowest BCUT2D eigenvalue weighted by Gasteiger charge is -2.31. The van der Waals surface area contributed by atoms with E-state index in [4.69, 9.17) is 9.26 Å². The molecular weight excluding hydrogens is 259 g/mol. The summed E-state index contributed by atoms with van der Waals surface area (Å²) in [6.45, 7) is 4.05. The molecule has 4 nitrogen and oxygen atoms in total. The van der Waals surface area contributed by atoms with Crippen LogP contribution in [0.25, 0.3) is 11.0 Å². The minimum Gasteiger partial charge on any atom is -0.372 e. The van der Waals surface area contributed by atoms with Crippen molar-refractivity contribution in [2.24, 2.45) is 0 Å². The van der Waals surface area contributed by atoms with E-state index in [2.05, 4.69) is 10.1 Å². The van der Waals surface area contributed by atoms with Crippen LogP contribution in [-0.4, -0.2) is 42.4 Å². The summed E-state index contributed by atoms with van der Waals surface area (Å²) in [5.41, 5.74) is 1.59. The fourth-order valence-corrected chi connectivity index (χ4v) is 3.19. The number of piperidine rings is 1. The van der Waals surface area contributed by atoms with Gasteiger partial charge in [-0.2, -0.15) is 0 Å². The van der Waals surface area contributed by atoms with Crippen LogP contribution in [-0.2, 0) is 4.74 Å². The Bertz CT molecular complexity index is 615. The van der Waals surface area contributed by atoms with Crippen molar-refractivity contribution >= 4 is 11.0 Å². The Labute approximate surface area is 116 Å². The van der Waals surface area contributed by atoms with Crippen molar-refractivity contribution in [3.05, 3.63) is 29.7 Å². The largest absolute Gasteiger partial charge is 0.372 e. The van der Waals surface area contributed by atoms with Gasteiger partial charge in [0.2, 0.25) is 0 Å². The van der Waals surface area contributed by atoms with Gasteiger partial charge in [0.1, 0.15) is 5.82 Å². The predicted molar refractivity (Wildman–Crippen MR) is 72.1 cm³/mol. The smallest absolute Gasteiger partial charge is 0.170 e. The van der Waals surface area contributed by atoms with E-state index in [9.17, 15) is 4.39 Å². The van der Waals surface area contributed by atoms with Crippen molar-refractivity contribution in [1.82, 2.24) is 10.1 Å². The van der Waals surface area contributed by atoms with Crippen molar-refractivity contribution in [1.29, 1.82) is 0 Å². The van der Waals surface area contributed by atoms with Crippen LogP contribution in [0, 0.1) is 5.82 Å². The number of rotatable bonds is 3. The minimum atomic E-state index is -0.238. The molecule has 1 aromatic heterocycles. The quantitative estimate of drug-likeness (QED) is 0.808. The molecule has 5 heteroatoms. The highest BCUT2D eigenvalue weighted by atomic mass is 19.1. The van der Waals surface area contributed by atoms with Crippen LogP contribution in [0.1, 0.15) is 24.3 Å². The molecule has 3 heterocycles. The monoisotopic (exact) mass is 276 g/mol. The molecule has 0 aliphatic carbocycles. The first-order valence-corrected chi connectivity index (χ1v) is 7.17. The molecule has 0 saturated carbocycles.